The summed E-state index contributed by atoms with van der Waals surface area (Å²) in [6, 6.07) is 3.68. The van der Waals surface area contributed by atoms with E-state index in [1.165, 1.54) is 6.07 Å². The molecule has 1 aliphatic heterocycles. The van der Waals surface area contributed by atoms with Gasteiger partial charge in [-0.25, -0.2) is 0 Å². The number of nitrogens with two attached hydrogens (primary N) is 1. The number of anilines is 1. The van der Waals surface area contributed by atoms with E-state index >= 15 is 0 Å². The number of alkyl halides is 3. The molecule has 3 nitrogen and oxygen atoms in total. The van der Waals surface area contributed by atoms with Crippen molar-refractivity contribution in [2.24, 2.45) is 11.7 Å². The fourth-order valence-corrected chi connectivity index (χ4v) is 2.81. The van der Waals surface area contributed by atoms with Gasteiger partial charge in [-0.05, 0) is 37.5 Å². The van der Waals surface area contributed by atoms with Gasteiger partial charge in [0.2, 0.25) is 0 Å². The summed E-state index contributed by atoms with van der Waals surface area (Å²) in [5.41, 5.74) is 5.46. The highest BCUT2D eigenvalue weighted by atomic mass is 19.4. The molecule has 1 aromatic rings. The summed E-state index contributed by atoms with van der Waals surface area (Å²) in [6.07, 6.45) is -3.44. The monoisotopic (exact) mass is 285 g/mol. The number of halogens is 3. The number of nitrogen functional groups attached to an aromatic ring is 1. The van der Waals surface area contributed by atoms with Crippen LogP contribution < -0.4 is 10.6 Å². The van der Waals surface area contributed by atoms with Crippen molar-refractivity contribution in [3.63, 3.8) is 0 Å². The quantitative estimate of drug-likeness (QED) is 0.647. The SMILES string of the molecule is CC1CC(C)N(c2ccc(C(F)(F)F)cc2C(=N)N)C1. The Morgan fingerprint density at radius 3 is 2.45 bits per heavy atom. The third kappa shape index (κ3) is 2.73. The molecule has 1 heterocycles. The summed E-state index contributed by atoms with van der Waals surface area (Å²) < 4.78 is 38.3. The molecule has 0 radical (unpaired) electrons. The Labute approximate surface area is 116 Å². The molecule has 20 heavy (non-hydrogen) atoms. The van der Waals surface area contributed by atoms with E-state index in [0.29, 0.717) is 11.6 Å². The van der Waals surface area contributed by atoms with E-state index < -0.39 is 11.7 Å². The van der Waals surface area contributed by atoms with E-state index in [-0.39, 0.29) is 17.4 Å². The highest BCUT2D eigenvalue weighted by molar-refractivity contribution is 6.00. The minimum atomic E-state index is -4.42. The highest BCUT2D eigenvalue weighted by Crippen LogP contribution is 2.35. The molecule has 3 N–H and O–H groups in total. The molecule has 1 fully saturated rings. The van der Waals surface area contributed by atoms with Gasteiger partial charge in [-0.3, -0.25) is 5.41 Å². The van der Waals surface area contributed by atoms with Crippen molar-refractivity contribution < 1.29 is 13.2 Å². The maximum Gasteiger partial charge on any atom is 0.416 e. The van der Waals surface area contributed by atoms with Crippen LogP contribution in [-0.4, -0.2) is 18.4 Å². The smallest absolute Gasteiger partial charge is 0.384 e. The van der Waals surface area contributed by atoms with Crippen LogP contribution in [0.15, 0.2) is 18.2 Å². The van der Waals surface area contributed by atoms with Crippen LogP contribution in [0.4, 0.5) is 18.9 Å². The van der Waals surface area contributed by atoms with Gasteiger partial charge in [-0.15, -0.1) is 0 Å². The maximum atomic E-state index is 12.8. The second-order valence-corrected chi connectivity index (χ2v) is 5.49. The number of rotatable bonds is 2. The van der Waals surface area contributed by atoms with Crippen molar-refractivity contribution in [2.75, 3.05) is 11.4 Å². The van der Waals surface area contributed by atoms with Crippen molar-refractivity contribution in [3.8, 4) is 0 Å². The van der Waals surface area contributed by atoms with Crippen molar-refractivity contribution in [2.45, 2.75) is 32.5 Å². The molecule has 0 aliphatic carbocycles. The molecule has 1 aromatic carbocycles. The Bertz CT molecular complexity index is 525. The van der Waals surface area contributed by atoms with E-state index in [2.05, 4.69) is 6.92 Å². The molecule has 2 atom stereocenters. The van der Waals surface area contributed by atoms with Crippen molar-refractivity contribution >= 4 is 11.5 Å². The van der Waals surface area contributed by atoms with Gasteiger partial charge in [0, 0.05) is 23.8 Å². The predicted molar refractivity (Wildman–Crippen MR) is 73.0 cm³/mol. The molecule has 110 valence electrons. The topological polar surface area (TPSA) is 53.1 Å². The predicted octanol–water partition coefficient (Wildman–Crippen LogP) is 3.22. The molecule has 6 heteroatoms. The molecule has 1 aliphatic rings. The van der Waals surface area contributed by atoms with Gasteiger partial charge >= 0.3 is 6.18 Å². The van der Waals surface area contributed by atoms with Gasteiger partial charge < -0.3 is 10.6 Å². The maximum absolute atomic E-state index is 12.8. The second kappa shape index (κ2) is 5.00. The zero-order valence-corrected chi connectivity index (χ0v) is 11.5. The number of amidine groups is 1. The minimum absolute atomic E-state index is 0.153. The number of hydrogen-bond donors (Lipinski definition) is 2. The molecule has 0 spiro atoms. The average Bonchev–Trinajstić information content (AvgIpc) is 2.66. The largest absolute Gasteiger partial charge is 0.416 e. The number of nitrogens with zero attached hydrogens (tertiary/aromatic N) is 1. The molecule has 0 aromatic heterocycles. The summed E-state index contributed by atoms with van der Waals surface area (Å²) in [4.78, 5) is 2.03. The van der Waals surface area contributed by atoms with Crippen LogP contribution in [0.5, 0.6) is 0 Å². The first kappa shape index (κ1) is 14.7. The number of hydrogen-bond acceptors (Lipinski definition) is 2. The highest BCUT2D eigenvalue weighted by Gasteiger charge is 2.33. The van der Waals surface area contributed by atoms with Crippen LogP contribution in [0.3, 0.4) is 0 Å². The van der Waals surface area contributed by atoms with E-state index in [1.54, 1.807) is 0 Å². The Morgan fingerprint density at radius 2 is 2.00 bits per heavy atom. The summed E-state index contributed by atoms with van der Waals surface area (Å²) in [7, 11) is 0. The molecular formula is C14H18F3N3. The van der Waals surface area contributed by atoms with Gasteiger partial charge in [0.25, 0.3) is 0 Å². The first-order valence-corrected chi connectivity index (χ1v) is 6.52. The van der Waals surface area contributed by atoms with Crippen LogP contribution >= 0.6 is 0 Å². The fourth-order valence-electron chi connectivity index (χ4n) is 2.81. The summed E-state index contributed by atoms with van der Waals surface area (Å²) in [5, 5.41) is 7.54. The Balaban J connectivity index is 2.46. The second-order valence-electron chi connectivity index (χ2n) is 5.49. The van der Waals surface area contributed by atoms with E-state index in [4.69, 9.17) is 11.1 Å². The lowest BCUT2D eigenvalue weighted by molar-refractivity contribution is -0.137. The summed E-state index contributed by atoms with van der Waals surface area (Å²) in [5.74, 6) is 0.143. The lowest BCUT2D eigenvalue weighted by Gasteiger charge is -2.27. The van der Waals surface area contributed by atoms with Crippen LogP contribution in [0.25, 0.3) is 0 Å². The van der Waals surface area contributed by atoms with Gasteiger partial charge in [-0.1, -0.05) is 6.92 Å². The average molecular weight is 285 g/mol. The summed E-state index contributed by atoms with van der Waals surface area (Å²) >= 11 is 0. The Morgan fingerprint density at radius 1 is 1.35 bits per heavy atom. The lowest BCUT2D eigenvalue weighted by atomic mass is 10.1. The van der Waals surface area contributed by atoms with Gasteiger partial charge in [0.15, 0.2) is 0 Å². The summed E-state index contributed by atoms with van der Waals surface area (Å²) in [6.45, 7) is 4.91. The molecule has 1 saturated heterocycles. The van der Waals surface area contributed by atoms with Crippen LogP contribution in [0.2, 0.25) is 0 Å². The van der Waals surface area contributed by atoms with Crippen LogP contribution in [-0.2, 0) is 6.18 Å². The number of nitrogens with one attached hydrogen (secondary N) is 1. The van der Waals surface area contributed by atoms with Gasteiger partial charge in [-0.2, -0.15) is 13.2 Å². The van der Waals surface area contributed by atoms with Gasteiger partial charge in [0.1, 0.15) is 5.84 Å². The lowest BCUT2D eigenvalue weighted by Crippen LogP contribution is -2.29. The molecule has 0 bridgehead atoms. The van der Waals surface area contributed by atoms with Crippen molar-refractivity contribution in [1.82, 2.24) is 0 Å². The molecule has 2 unspecified atom stereocenters. The van der Waals surface area contributed by atoms with E-state index in [0.717, 1.165) is 25.1 Å². The third-order valence-electron chi connectivity index (χ3n) is 3.71. The van der Waals surface area contributed by atoms with Crippen molar-refractivity contribution in [1.29, 1.82) is 5.41 Å². The number of benzene rings is 1. The molecule has 0 saturated carbocycles. The molecule has 0 amide bonds. The van der Waals surface area contributed by atoms with Crippen molar-refractivity contribution in [3.05, 3.63) is 29.3 Å². The fraction of sp³-hybridized carbons (Fsp3) is 0.500. The van der Waals surface area contributed by atoms with Gasteiger partial charge in [0.05, 0.1) is 5.56 Å². The van der Waals surface area contributed by atoms with E-state index in [9.17, 15) is 13.2 Å². The standard InChI is InChI=1S/C14H18F3N3/c1-8-5-9(2)20(7-8)12-4-3-10(14(15,16)17)6-11(12)13(18)19/h3-4,6,8-9H,5,7H2,1-2H3,(H3,18,19). The van der Waals surface area contributed by atoms with Crippen LogP contribution in [0, 0.1) is 11.3 Å². The van der Waals surface area contributed by atoms with Crippen LogP contribution in [0.1, 0.15) is 31.4 Å². The third-order valence-corrected chi connectivity index (χ3v) is 3.71. The normalized spacial score (nSPS) is 23.1. The Kier molecular flexibility index (Phi) is 3.67. The molecular weight excluding hydrogens is 267 g/mol. The van der Waals surface area contributed by atoms with E-state index in [1.807, 2.05) is 11.8 Å². The first-order valence-electron chi connectivity index (χ1n) is 6.52. The molecule has 2 rings (SSSR count). The first-order chi connectivity index (χ1) is 9.20. The zero-order chi connectivity index (χ0) is 15.1. The minimum Gasteiger partial charge on any atom is -0.384 e. The Hall–Kier alpha value is -1.72. The zero-order valence-electron chi connectivity index (χ0n) is 11.5.